The van der Waals surface area contributed by atoms with Crippen LogP contribution in [0.2, 0.25) is 0 Å². The summed E-state index contributed by atoms with van der Waals surface area (Å²) in [5.41, 5.74) is 0.840. The van der Waals surface area contributed by atoms with Gasteiger partial charge in [-0.05, 0) is 18.4 Å². The van der Waals surface area contributed by atoms with Crippen molar-refractivity contribution in [3.05, 3.63) is 35.9 Å². The highest BCUT2D eigenvalue weighted by molar-refractivity contribution is 5.89. The van der Waals surface area contributed by atoms with E-state index in [4.69, 9.17) is 4.74 Å². The third-order valence-electron chi connectivity index (χ3n) is 4.13. The highest BCUT2D eigenvalue weighted by Crippen LogP contribution is 2.06. The zero-order chi connectivity index (χ0) is 20.1. The van der Waals surface area contributed by atoms with Gasteiger partial charge in [-0.3, -0.25) is 4.79 Å². The van der Waals surface area contributed by atoms with Crippen molar-refractivity contribution in [3.63, 3.8) is 0 Å². The second kappa shape index (κ2) is 12.7. The first-order valence-electron chi connectivity index (χ1n) is 9.48. The SMILES string of the molecule is CCCC[C@H](NC(=O)[C@@H](CCCC)NC(=O)OCc1ccccc1)C(=O)O. The molecule has 2 atom stereocenters. The van der Waals surface area contributed by atoms with Crippen molar-refractivity contribution in [2.75, 3.05) is 0 Å². The van der Waals surface area contributed by atoms with Crippen molar-refractivity contribution in [1.82, 2.24) is 10.6 Å². The number of amides is 2. The molecule has 0 aromatic heterocycles. The third-order valence-corrected chi connectivity index (χ3v) is 4.13. The normalized spacial score (nSPS) is 12.7. The number of alkyl carbamates (subject to hydrolysis) is 1. The molecule has 0 saturated heterocycles. The molecule has 0 aliphatic rings. The number of aliphatic carboxylic acids is 1. The first kappa shape index (κ1) is 22.5. The minimum absolute atomic E-state index is 0.100. The van der Waals surface area contributed by atoms with Gasteiger partial charge in [0.25, 0.3) is 0 Å². The number of hydrogen-bond donors (Lipinski definition) is 3. The van der Waals surface area contributed by atoms with E-state index >= 15 is 0 Å². The Morgan fingerprint density at radius 1 is 0.963 bits per heavy atom. The average Bonchev–Trinajstić information content (AvgIpc) is 2.67. The summed E-state index contributed by atoms with van der Waals surface area (Å²) >= 11 is 0. The smallest absolute Gasteiger partial charge is 0.408 e. The Hall–Kier alpha value is -2.57. The molecule has 0 unspecified atom stereocenters. The van der Waals surface area contributed by atoms with Crippen LogP contribution in [0.1, 0.15) is 57.9 Å². The number of carbonyl (C=O) groups is 3. The van der Waals surface area contributed by atoms with E-state index in [-0.39, 0.29) is 6.61 Å². The number of carboxylic acids is 1. The van der Waals surface area contributed by atoms with Gasteiger partial charge in [0.2, 0.25) is 5.91 Å². The number of carbonyl (C=O) groups excluding carboxylic acids is 2. The van der Waals surface area contributed by atoms with E-state index in [1.165, 1.54) is 0 Å². The van der Waals surface area contributed by atoms with Gasteiger partial charge in [0.1, 0.15) is 18.7 Å². The first-order chi connectivity index (χ1) is 13.0. The zero-order valence-electron chi connectivity index (χ0n) is 16.1. The van der Waals surface area contributed by atoms with E-state index in [1.54, 1.807) is 0 Å². The summed E-state index contributed by atoms with van der Waals surface area (Å²) in [5, 5.41) is 14.4. The van der Waals surface area contributed by atoms with Crippen LogP contribution in [0.5, 0.6) is 0 Å². The highest BCUT2D eigenvalue weighted by atomic mass is 16.5. The molecule has 150 valence electrons. The number of carboxylic acid groups (broad SMARTS) is 1. The monoisotopic (exact) mass is 378 g/mol. The Bertz CT molecular complexity index is 591. The number of benzene rings is 1. The molecule has 0 radical (unpaired) electrons. The predicted octanol–water partition coefficient (Wildman–Crippen LogP) is 3.23. The van der Waals surface area contributed by atoms with Crippen LogP contribution < -0.4 is 10.6 Å². The molecule has 1 aromatic carbocycles. The summed E-state index contributed by atoms with van der Waals surface area (Å²) in [7, 11) is 0. The van der Waals surface area contributed by atoms with Crippen LogP contribution >= 0.6 is 0 Å². The molecule has 0 aliphatic carbocycles. The molecule has 27 heavy (non-hydrogen) atoms. The minimum Gasteiger partial charge on any atom is -0.480 e. The maximum absolute atomic E-state index is 12.5. The van der Waals surface area contributed by atoms with Gasteiger partial charge >= 0.3 is 12.1 Å². The summed E-state index contributed by atoms with van der Waals surface area (Å²) < 4.78 is 5.16. The van der Waals surface area contributed by atoms with Crippen LogP contribution in [0, 0.1) is 0 Å². The fourth-order valence-electron chi connectivity index (χ4n) is 2.52. The largest absolute Gasteiger partial charge is 0.480 e. The van der Waals surface area contributed by atoms with E-state index < -0.39 is 30.1 Å². The van der Waals surface area contributed by atoms with E-state index in [9.17, 15) is 19.5 Å². The summed E-state index contributed by atoms with van der Waals surface area (Å²) in [5.74, 6) is -1.57. The quantitative estimate of drug-likeness (QED) is 0.518. The maximum atomic E-state index is 12.5. The molecule has 0 aliphatic heterocycles. The molecule has 0 heterocycles. The first-order valence-corrected chi connectivity index (χ1v) is 9.48. The Kier molecular flexibility index (Phi) is 10.6. The van der Waals surface area contributed by atoms with Crippen LogP contribution in [0.3, 0.4) is 0 Å². The van der Waals surface area contributed by atoms with E-state index in [0.29, 0.717) is 19.3 Å². The number of hydrogen-bond acceptors (Lipinski definition) is 4. The van der Waals surface area contributed by atoms with Crippen molar-refractivity contribution in [1.29, 1.82) is 0 Å². The standard InChI is InChI=1S/C20H30N2O5/c1-3-5-12-16(18(23)21-17(19(24)25)13-6-4-2)22-20(26)27-14-15-10-8-7-9-11-15/h7-11,16-17H,3-6,12-14H2,1-2H3,(H,21,23)(H,22,26)(H,24,25)/t16-,17+/m1/s1. The molecule has 1 rings (SSSR count). The van der Waals surface area contributed by atoms with Crippen LogP contribution in [-0.4, -0.2) is 35.2 Å². The lowest BCUT2D eigenvalue weighted by Gasteiger charge is -2.21. The fourth-order valence-corrected chi connectivity index (χ4v) is 2.52. The van der Waals surface area contributed by atoms with Crippen molar-refractivity contribution in [2.45, 2.75) is 71.1 Å². The van der Waals surface area contributed by atoms with Crippen molar-refractivity contribution in [3.8, 4) is 0 Å². The fraction of sp³-hybridized carbons (Fsp3) is 0.550. The van der Waals surface area contributed by atoms with E-state index in [1.807, 2.05) is 44.2 Å². The van der Waals surface area contributed by atoms with Gasteiger partial charge in [-0.1, -0.05) is 69.9 Å². The van der Waals surface area contributed by atoms with Gasteiger partial charge in [0.05, 0.1) is 0 Å². The summed E-state index contributed by atoms with van der Waals surface area (Å²) in [4.78, 5) is 35.9. The van der Waals surface area contributed by atoms with Crippen molar-refractivity contribution < 1.29 is 24.2 Å². The number of ether oxygens (including phenoxy) is 1. The second-order valence-electron chi connectivity index (χ2n) is 6.44. The molecular formula is C20H30N2O5. The molecule has 7 nitrogen and oxygen atoms in total. The lowest BCUT2D eigenvalue weighted by Crippen LogP contribution is -2.51. The molecule has 0 bridgehead atoms. The lowest BCUT2D eigenvalue weighted by atomic mass is 10.1. The van der Waals surface area contributed by atoms with Gasteiger partial charge in [-0.25, -0.2) is 9.59 Å². The Morgan fingerprint density at radius 2 is 1.56 bits per heavy atom. The van der Waals surface area contributed by atoms with Gasteiger partial charge in [-0.15, -0.1) is 0 Å². The number of rotatable bonds is 12. The average molecular weight is 378 g/mol. The maximum Gasteiger partial charge on any atom is 0.408 e. The van der Waals surface area contributed by atoms with Gasteiger partial charge in [-0.2, -0.15) is 0 Å². The van der Waals surface area contributed by atoms with Crippen molar-refractivity contribution >= 4 is 18.0 Å². The summed E-state index contributed by atoms with van der Waals surface area (Å²) in [6.07, 6.45) is 3.19. The summed E-state index contributed by atoms with van der Waals surface area (Å²) in [6.45, 7) is 4.03. The van der Waals surface area contributed by atoms with Gasteiger partial charge in [0, 0.05) is 0 Å². The number of nitrogens with one attached hydrogen (secondary N) is 2. The molecule has 7 heteroatoms. The van der Waals surface area contributed by atoms with Crippen LogP contribution in [0.15, 0.2) is 30.3 Å². The highest BCUT2D eigenvalue weighted by Gasteiger charge is 2.26. The molecule has 1 aromatic rings. The summed E-state index contributed by atoms with van der Waals surface area (Å²) in [6, 6.07) is 7.44. The Morgan fingerprint density at radius 3 is 2.11 bits per heavy atom. The molecular weight excluding hydrogens is 348 g/mol. The Labute approximate surface area is 160 Å². The van der Waals surface area contributed by atoms with Crippen molar-refractivity contribution in [2.24, 2.45) is 0 Å². The second-order valence-corrected chi connectivity index (χ2v) is 6.44. The van der Waals surface area contributed by atoms with E-state index in [0.717, 1.165) is 24.8 Å². The van der Waals surface area contributed by atoms with Crippen LogP contribution in [0.25, 0.3) is 0 Å². The molecule has 0 saturated carbocycles. The third kappa shape index (κ3) is 9.08. The van der Waals surface area contributed by atoms with E-state index in [2.05, 4.69) is 10.6 Å². The lowest BCUT2D eigenvalue weighted by molar-refractivity contribution is -0.142. The van der Waals surface area contributed by atoms with Crippen LogP contribution in [-0.2, 0) is 20.9 Å². The molecule has 0 fully saturated rings. The molecule has 3 N–H and O–H groups in total. The zero-order valence-corrected chi connectivity index (χ0v) is 16.1. The topological polar surface area (TPSA) is 105 Å². The number of unbranched alkanes of at least 4 members (excludes halogenated alkanes) is 2. The Balaban J connectivity index is 2.62. The van der Waals surface area contributed by atoms with Gasteiger partial charge < -0.3 is 20.5 Å². The molecule has 2 amide bonds. The predicted molar refractivity (Wildman–Crippen MR) is 102 cm³/mol. The van der Waals surface area contributed by atoms with Crippen LogP contribution in [0.4, 0.5) is 4.79 Å². The molecule has 0 spiro atoms. The van der Waals surface area contributed by atoms with Gasteiger partial charge in [0.15, 0.2) is 0 Å². The minimum atomic E-state index is -1.07.